The normalized spacial score (nSPS) is 11.4. The molecule has 0 atom stereocenters. The molecule has 19 heavy (non-hydrogen) atoms. The molecule has 5 heteroatoms. The van der Waals surface area contributed by atoms with Gasteiger partial charge in [0.25, 0.3) is 10.0 Å². The first kappa shape index (κ1) is 14.1. The summed E-state index contributed by atoms with van der Waals surface area (Å²) in [5, 5.41) is 1.79. The Kier molecular flexibility index (Phi) is 4.61. The van der Waals surface area contributed by atoms with E-state index in [1.54, 1.807) is 17.5 Å². The van der Waals surface area contributed by atoms with Gasteiger partial charge >= 0.3 is 0 Å². The molecule has 2 rings (SSSR count). The fourth-order valence-electron chi connectivity index (χ4n) is 1.80. The number of rotatable bonds is 6. The molecule has 0 aliphatic heterocycles. The molecule has 0 aliphatic rings. The fourth-order valence-corrected chi connectivity index (χ4v) is 4.41. The van der Waals surface area contributed by atoms with Gasteiger partial charge in [-0.3, -0.25) is 4.31 Å². The van der Waals surface area contributed by atoms with Crippen molar-refractivity contribution in [2.24, 2.45) is 0 Å². The molecule has 0 saturated heterocycles. The fraction of sp³-hybridized carbons (Fsp3) is 0.286. The van der Waals surface area contributed by atoms with E-state index in [2.05, 4.69) is 6.92 Å². The summed E-state index contributed by atoms with van der Waals surface area (Å²) < 4.78 is 27.2. The van der Waals surface area contributed by atoms with Crippen LogP contribution in [0, 0.1) is 0 Å². The molecule has 1 aromatic carbocycles. The van der Waals surface area contributed by atoms with Crippen LogP contribution in [-0.4, -0.2) is 15.0 Å². The van der Waals surface area contributed by atoms with Gasteiger partial charge in [0.05, 0.1) is 5.69 Å². The van der Waals surface area contributed by atoms with E-state index in [-0.39, 0.29) is 0 Å². The molecule has 0 aliphatic carbocycles. The number of thiophene rings is 1. The van der Waals surface area contributed by atoms with Gasteiger partial charge in [0.1, 0.15) is 4.21 Å². The van der Waals surface area contributed by atoms with Crippen LogP contribution in [0.5, 0.6) is 0 Å². The first-order valence-corrected chi connectivity index (χ1v) is 8.59. The van der Waals surface area contributed by atoms with E-state index >= 15 is 0 Å². The quantitative estimate of drug-likeness (QED) is 0.814. The molecule has 3 nitrogen and oxygen atoms in total. The van der Waals surface area contributed by atoms with Crippen LogP contribution in [-0.2, 0) is 10.0 Å². The number of para-hydroxylation sites is 1. The van der Waals surface area contributed by atoms with Crippen molar-refractivity contribution in [2.45, 2.75) is 24.0 Å². The van der Waals surface area contributed by atoms with E-state index in [0.717, 1.165) is 18.5 Å². The Balaban J connectivity index is 2.38. The van der Waals surface area contributed by atoms with Gasteiger partial charge in [-0.25, -0.2) is 8.42 Å². The van der Waals surface area contributed by atoms with Crippen LogP contribution >= 0.6 is 11.3 Å². The predicted octanol–water partition coefficient (Wildman–Crippen LogP) is 3.74. The molecule has 0 radical (unpaired) electrons. The minimum atomic E-state index is -3.43. The highest BCUT2D eigenvalue weighted by molar-refractivity contribution is 7.94. The minimum absolute atomic E-state index is 0.396. The van der Waals surface area contributed by atoms with E-state index in [9.17, 15) is 8.42 Å². The van der Waals surface area contributed by atoms with E-state index < -0.39 is 10.0 Å². The van der Waals surface area contributed by atoms with Crippen LogP contribution in [0.25, 0.3) is 0 Å². The summed E-state index contributed by atoms with van der Waals surface area (Å²) in [5.41, 5.74) is 0.726. The zero-order valence-corrected chi connectivity index (χ0v) is 12.5. The maximum atomic E-state index is 12.6. The first-order valence-electron chi connectivity index (χ1n) is 6.27. The van der Waals surface area contributed by atoms with E-state index in [0.29, 0.717) is 10.8 Å². The summed E-state index contributed by atoms with van der Waals surface area (Å²) in [6.07, 6.45) is 1.81. The minimum Gasteiger partial charge on any atom is -0.266 e. The highest BCUT2D eigenvalue weighted by atomic mass is 32.2. The van der Waals surface area contributed by atoms with Crippen molar-refractivity contribution in [1.29, 1.82) is 0 Å². The SMILES string of the molecule is CCCCN(c1ccccc1)S(=O)(=O)c1cccs1. The summed E-state index contributed by atoms with van der Waals surface area (Å²) in [6, 6.07) is 12.7. The first-order chi connectivity index (χ1) is 9.16. The van der Waals surface area contributed by atoms with Crippen LogP contribution in [0.3, 0.4) is 0 Å². The van der Waals surface area contributed by atoms with Gasteiger partial charge in [-0.15, -0.1) is 11.3 Å². The lowest BCUT2D eigenvalue weighted by atomic mass is 10.3. The van der Waals surface area contributed by atoms with Crippen molar-refractivity contribution in [1.82, 2.24) is 0 Å². The lowest BCUT2D eigenvalue weighted by Gasteiger charge is -2.23. The Morgan fingerprint density at radius 2 is 1.84 bits per heavy atom. The molecular weight excluding hydrogens is 278 g/mol. The molecule has 0 N–H and O–H groups in total. The van der Waals surface area contributed by atoms with Crippen molar-refractivity contribution in [2.75, 3.05) is 10.8 Å². The van der Waals surface area contributed by atoms with Gasteiger partial charge in [0, 0.05) is 6.54 Å². The molecule has 102 valence electrons. The van der Waals surface area contributed by atoms with Crippen LogP contribution < -0.4 is 4.31 Å². The Labute approximate surface area is 118 Å². The number of anilines is 1. The Bertz CT molecular complexity index is 592. The standard InChI is InChI=1S/C14H17NO2S2/c1-2-3-11-15(13-8-5-4-6-9-13)19(16,17)14-10-7-12-18-14/h4-10,12H,2-3,11H2,1H3. The molecule has 2 aromatic rings. The Morgan fingerprint density at radius 3 is 2.42 bits per heavy atom. The van der Waals surface area contributed by atoms with Crippen molar-refractivity contribution >= 4 is 27.0 Å². The largest absolute Gasteiger partial charge is 0.273 e. The van der Waals surface area contributed by atoms with Crippen LogP contribution in [0.2, 0.25) is 0 Å². The molecule has 0 amide bonds. The van der Waals surface area contributed by atoms with Crippen molar-refractivity contribution < 1.29 is 8.42 Å². The van der Waals surface area contributed by atoms with Gasteiger partial charge in [-0.1, -0.05) is 37.6 Å². The number of hydrogen-bond acceptors (Lipinski definition) is 3. The molecule has 0 bridgehead atoms. The van der Waals surface area contributed by atoms with Gasteiger partial charge < -0.3 is 0 Å². The summed E-state index contributed by atoms with van der Waals surface area (Å²) in [5.74, 6) is 0. The lowest BCUT2D eigenvalue weighted by molar-refractivity contribution is 0.590. The van der Waals surface area contributed by atoms with Gasteiger partial charge in [0.15, 0.2) is 0 Å². The van der Waals surface area contributed by atoms with Crippen molar-refractivity contribution in [3.05, 3.63) is 47.8 Å². The lowest BCUT2D eigenvalue weighted by Crippen LogP contribution is -2.31. The van der Waals surface area contributed by atoms with E-state index in [1.165, 1.54) is 15.6 Å². The molecule has 0 saturated carbocycles. The van der Waals surface area contributed by atoms with Gasteiger partial charge in [0.2, 0.25) is 0 Å². The average Bonchev–Trinajstić information content (AvgIpc) is 2.95. The Morgan fingerprint density at radius 1 is 1.11 bits per heavy atom. The van der Waals surface area contributed by atoms with E-state index in [4.69, 9.17) is 0 Å². The highest BCUT2D eigenvalue weighted by Gasteiger charge is 2.25. The van der Waals surface area contributed by atoms with E-state index in [1.807, 2.05) is 30.3 Å². The second kappa shape index (κ2) is 6.21. The Hall–Kier alpha value is -1.33. The number of unbranched alkanes of at least 4 members (excludes halogenated alkanes) is 1. The van der Waals surface area contributed by atoms with Gasteiger partial charge in [-0.05, 0) is 30.0 Å². The number of hydrogen-bond donors (Lipinski definition) is 0. The number of sulfonamides is 1. The zero-order chi connectivity index (χ0) is 13.7. The molecule has 0 fully saturated rings. The molecule has 0 unspecified atom stereocenters. The zero-order valence-electron chi connectivity index (χ0n) is 10.8. The smallest absolute Gasteiger partial charge is 0.266 e. The third-order valence-electron chi connectivity index (χ3n) is 2.80. The maximum absolute atomic E-state index is 12.6. The summed E-state index contributed by atoms with van der Waals surface area (Å²) in [6.45, 7) is 2.57. The topological polar surface area (TPSA) is 37.4 Å². The van der Waals surface area contributed by atoms with Crippen molar-refractivity contribution in [3.8, 4) is 0 Å². The van der Waals surface area contributed by atoms with Crippen LogP contribution in [0.15, 0.2) is 52.1 Å². The molecule has 0 spiro atoms. The monoisotopic (exact) mass is 295 g/mol. The third-order valence-corrected chi connectivity index (χ3v) is 6.00. The third kappa shape index (κ3) is 3.16. The maximum Gasteiger partial charge on any atom is 0.273 e. The summed E-state index contributed by atoms with van der Waals surface area (Å²) >= 11 is 1.26. The van der Waals surface area contributed by atoms with Gasteiger partial charge in [-0.2, -0.15) is 0 Å². The predicted molar refractivity (Wildman–Crippen MR) is 80.2 cm³/mol. The summed E-state index contributed by atoms with van der Waals surface area (Å²) in [7, 11) is -3.43. The number of benzene rings is 1. The second-order valence-electron chi connectivity index (χ2n) is 4.20. The molecular formula is C14H17NO2S2. The molecule has 1 heterocycles. The highest BCUT2D eigenvalue weighted by Crippen LogP contribution is 2.26. The average molecular weight is 295 g/mol. The molecule has 1 aromatic heterocycles. The van der Waals surface area contributed by atoms with Crippen LogP contribution in [0.4, 0.5) is 5.69 Å². The second-order valence-corrected chi connectivity index (χ2v) is 7.24. The van der Waals surface area contributed by atoms with Crippen molar-refractivity contribution in [3.63, 3.8) is 0 Å². The number of nitrogens with zero attached hydrogens (tertiary/aromatic N) is 1. The summed E-state index contributed by atoms with van der Waals surface area (Å²) in [4.78, 5) is 0. The van der Waals surface area contributed by atoms with Crippen LogP contribution in [0.1, 0.15) is 19.8 Å².